The fourth-order valence-electron chi connectivity index (χ4n) is 4.36. The summed E-state index contributed by atoms with van der Waals surface area (Å²) in [5.41, 5.74) is 5.97. The number of nitrogens with two attached hydrogens (primary N) is 1. The van der Waals surface area contributed by atoms with Crippen LogP contribution in [-0.4, -0.2) is 148 Å². The smallest absolute Gasteiger partial charge is 0.312 e. The van der Waals surface area contributed by atoms with Crippen molar-refractivity contribution < 1.29 is 71.9 Å². The Balaban J connectivity index is 0. The van der Waals surface area contributed by atoms with E-state index in [1.807, 2.05) is 20.8 Å². The molecule has 8 amide bonds. The average molecular weight is 912 g/mol. The van der Waals surface area contributed by atoms with Crippen molar-refractivity contribution in [2.75, 3.05) is 84.4 Å². The lowest BCUT2D eigenvalue weighted by atomic mass is 10.0. The number of carboxylic acids is 1. The van der Waals surface area contributed by atoms with Crippen LogP contribution in [0.1, 0.15) is 73.3 Å². The quantitative estimate of drug-likeness (QED) is 0.0351. The fourth-order valence-corrected chi connectivity index (χ4v) is 4.36. The third kappa shape index (κ3) is 33.6. The van der Waals surface area contributed by atoms with E-state index in [0.717, 1.165) is 16.9 Å². The van der Waals surface area contributed by atoms with Gasteiger partial charge in [-0.05, 0) is 30.0 Å². The molecule has 1 aliphatic heterocycles. The number of nitrogens with one attached hydrogen (secondary N) is 5. The lowest BCUT2D eigenvalue weighted by Crippen LogP contribution is -2.52. The molecule has 1 atom stereocenters. The van der Waals surface area contributed by atoms with Crippen molar-refractivity contribution in [2.45, 2.75) is 80.4 Å². The van der Waals surface area contributed by atoms with Gasteiger partial charge in [0.15, 0.2) is 0 Å². The summed E-state index contributed by atoms with van der Waals surface area (Å²) in [6, 6.07) is 5.29. The number of imide groups is 1. The van der Waals surface area contributed by atoms with E-state index >= 15 is 0 Å². The summed E-state index contributed by atoms with van der Waals surface area (Å²) in [5, 5.41) is 20.4. The number of ether oxygens (including phenoxy) is 5. The molecule has 1 aromatic carbocycles. The predicted molar refractivity (Wildman–Crippen MR) is 234 cm³/mol. The Morgan fingerprint density at radius 3 is 1.67 bits per heavy atom. The molecule has 0 saturated carbocycles. The van der Waals surface area contributed by atoms with E-state index in [4.69, 9.17) is 34.5 Å². The fraction of sp³-hybridized carbons (Fsp3) is 0.595. The zero-order chi connectivity index (χ0) is 48.7. The van der Waals surface area contributed by atoms with Crippen LogP contribution in [-0.2, 0) is 68.6 Å². The summed E-state index contributed by atoms with van der Waals surface area (Å²) >= 11 is 0. The third-order valence-electron chi connectivity index (χ3n) is 7.62. The molecule has 64 heavy (non-hydrogen) atoms. The van der Waals surface area contributed by atoms with E-state index in [1.54, 1.807) is 45.0 Å². The molecule has 1 heterocycles. The maximum Gasteiger partial charge on any atom is 0.312 e. The maximum atomic E-state index is 12.7. The number of anilines is 1. The van der Waals surface area contributed by atoms with Crippen molar-refractivity contribution in [1.82, 2.24) is 26.2 Å². The minimum absolute atomic E-state index is 0.0190. The minimum atomic E-state index is -0.932. The standard InChI is InChI=1S/C33H47N5O12.C4H10N2O.C3H6O2.C2H6/c1-23(2)32(33(45)35-21-28(41)36-26-6-4-25(5-7-26)22-50-24(3)39)37-29(42)20-34-27(40)10-12-46-14-16-48-18-19-49-17-15-47-13-11-38-30(43)8-9-31(38)44;1-2-3-6-4(5)7;1-2-3(4)5;1-2/h4-9,23,32H,10-22H2,1-3H3,(H,34,40)(H,35,45)(H,36,41)(H,37,42);2-3H2,1H3,(H3,5,6,7);2H2,1H3,(H,4,5);1-2H3. The molecular weight excluding hydrogens is 842 g/mol. The molecule has 22 heteroatoms. The monoisotopic (exact) mass is 911 g/mol. The van der Waals surface area contributed by atoms with Crippen molar-refractivity contribution in [3.05, 3.63) is 42.0 Å². The van der Waals surface area contributed by atoms with Gasteiger partial charge in [-0.15, -0.1) is 0 Å². The summed E-state index contributed by atoms with van der Waals surface area (Å²) in [5.74, 6) is -4.13. The van der Waals surface area contributed by atoms with Gasteiger partial charge in [-0.3, -0.25) is 43.3 Å². The molecule has 1 aliphatic rings. The maximum absolute atomic E-state index is 12.7. The molecule has 0 fully saturated rings. The van der Waals surface area contributed by atoms with Gasteiger partial charge in [0.05, 0.1) is 72.5 Å². The molecule has 0 aromatic heterocycles. The van der Waals surface area contributed by atoms with Gasteiger partial charge in [0.25, 0.3) is 11.8 Å². The van der Waals surface area contributed by atoms with Gasteiger partial charge in [0, 0.05) is 44.1 Å². The van der Waals surface area contributed by atoms with Crippen LogP contribution in [0.3, 0.4) is 0 Å². The van der Waals surface area contributed by atoms with Gasteiger partial charge in [0.2, 0.25) is 23.6 Å². The Morgan fingerprint density at radius 1 is 0.719 bits per heavy atom. The number of hydrogen-bond donors (Lipinski definition) is 7. The zero-order valence-electron chi connectivity index (χ0n) is 38.1. The number of nitrogens with zero attached hydrogens (tertiary/aromatic N) is 1. The van der Waals surface area contributed by atoms with Crippen molar-refractivity contribution in [3.63, 3.8) is 0 Å². The first-order chi connectivity index (χ1) is 30.5. The van der Waals surface area contributed by atoms with Crippen LogP contribution in [0, 0.1) is 5.92 Å². The van der Waals surface area contributed by atoms with Crippen LogP contribution >= 0.6 is 0 Å². The van der Waals surface area contributed by atoms with Gasteiger partial charge < -0.3 is 61.1 Å². The number of primary amides is 1. The number of amides is 8. The van der Waals surface area contributed by atoms with Crippen LogP contribution in [0.2, 0.25) is 0 Å². The van der Waals surface area contributed by atoms with Crippen LogP contribution in [0.4, 0.5) is 10.5 Å². The summed E-state index contributed by atoms with van der Waals surface area (Å²) in [7, 11) is 0. The third-order valence-corrected chi connectivity index (χ3v) is 7.62. The molecule has 0 aliphatic carbocycles. The number of carbonyl (C=O) groups excluding carboxylic acids is 8. The number of benzene rings is 1. The van der Waals surface area contributed by atoms with Crippen molar-refractivity contribution in [1.29, 1.82) is 0 Å². The highest BCUT2D eigenvalue weighted by molar-refractivity contribution is 6.12. The Hall–Kier alpha value is -5.97. The van der Waals surface area contributed by atoms with E-state index in [-0.39, 0.29) is 76.6 Å². The summed E-state index contributed by atoms with van der Waals surface area (Å²) in [6.07, 6.45) is 3.62. The van der Waals surface area contributed by atoms with Crippen LogP contribution in [0.5, 0.6) is 0 Å². The minimum Gasteiger partial charge on any atom is -0.481 e. The molecule has 1 unspecified atom stereocenters. The summed E-state index contributed by atoms with van der Waals surface area (Å²) in [4.78, 5) is 104. The second-order valence-electron chi connectivity index (χ2n) is 13.2. The second-order valence-corrected chi connectivity index (χ2v) is 13.2. The van der Waals surface area contributed by atoms with Crippen molar-refractivity contribution in [2.24, 2.45) is 11.7 Å². The number of carboxylic acid groups (broad SMARTS) is 1. The molecule has 0 bridgehead atoms. The SMILES string of the molecule is CC.CC(=O)OCc1ccc(NC(=O)CNC(=O)C(NC(=O)CNC(=O)CCOCCOCCOCCOCCN2C(=O)C=CC2=O)C(C)C)cc1.CCC(=O)O.CCCNC(N)=O. The first kappa shape index (κ1) is 60.1. The zero-order valence-corrected chi connectivity index (χ0v) is 38.1. The van der Waals surface area contributed by atoms with Gasteiger partial charge in [-0.2, -0.15) is 0 Å². The Morgan fingerprint density at radius 2 is 1.22 bits per heavy atom. The van der Waals surface area contributed by atoms with Gasteiger partial charge in [0.1, 0.15) is 12.6 Å². The van der Waals surface area contributed by atoms with Crippen LogP contribution < -0.4 is 32.3 Å². The lowest BCUT2D eigenvalue weighted by molar-refractivity contribution is -0.142. The lowest BCUT2D eigenvalue weighted by Gasteiger charge is -2.21. The molecule has 2 rings (SSSR count). The molecular formula is C42H69N7O15. The Labute approximate surface area is 375 Å². The first-order valence-electron chi connectivity index (χ1n) is 21.0. The van der Waals surface area contributed by atoms with Crippen LogP contribution in [0.25, 0.3) is 0 Å². The number of urea groups is 1. The number of hydrogen-bond acceptors (Lipinski definition) is 14. The van der Waals surface area contributed by atoms with E-state index in [2.05, 4.69) is 26.6 Å². The topological polar surface area (TPSA) is 309 Å². The van der Waals surface area contributed by atoms with E-state index in [9.17, 15) is 43.2 Å². The highest BCUT2D eigenvalue weighted by Gasteiger charge is 2.25. The molecule has 0 spiro atoms. The molecule has 22 nitrogen and oxygen atoms in total. The van der Waals surface area contributed by atoms with E-state index in [0.29, 0.717) is 45.3 Å². The predicted octanol–water partition coefficient (Wildman–Crippen LogP) is 1.01. The number of esters is 1. The van der Waals surface area contributed by atoms with Gasteiger partial charge in [-0.25, -0.2) is 4.79 Å². The largest absolute Gasteiger partial charge is 0.481 e. The van der Waals surface area contributed by atoms with E-state index < -0.39 is 47.6 Å². The van der Waals surface area contributed by atoms with E-state index in [1.165, 1.54) is 19.1 Å². The number of aliphatic carboxylic acids is 1. The van der Waals surface area contributed by atoms with Crippen molar-refractivity contribution in [3.8, 4) is 0 Å². The molecule has 0 saturated heterocycles. The number of carbonyl (C=O) groups is 9. The molecule has 1 aromatic rings. The highest BCUT2D eigenvalue weighted by Crippen LogP contribution is 2.10. The molecule has 362 valence electrons. The second kappa shape index (κ2) is 38.7. The Bertz CT molecular complexity index is 1570. The molecule has 8 N–H and O–H groups in total. The highest BCUT2D eigenvalue weighted by atomic mass is 16.6. The Kier molecular flexibility index (Phi) is 36.3. The van der Waals surface area contributed by atoms with Gasteiger partial charge in [-0.1, -0.05) is 53.7 Å². The summed E-state index contributed by atoms with van der Waals surface area (Å²) < 4.78 is 26.4. The molecule has 0 radical (unpaired) electrons. The number of rotatable bonds is 28. The summed E-state index contributed by atoms with van der Waals surface area (Å²) in [6.45, 7) is 14.9. The van der Waals surface area contributed by atoms with Crippen LogP contribution in [0.15, 0.2) is 36.4 Å². The van der Waals surface area contributed by atoms with Gasteiger partial charge >= 0.3 is 18.0 Å². The van der Waals surface area contributed by atoms with Crippen molar-refractivity contribution >= 4 is 59.1 Å². The normalized spacial score (nSPS) is 11.7. The first-order valence-corrected chi connectivity index (χ1v) is 21.0. The average Bonchev–Trinajstić information content (AvgIpc) is 3.59.